The Morgan fingerprint density at radius 1 is 1.00 bits per heavy atom. The maximum Gasteiger partial charge on any atom is 0.123 e. The zero-order chi connectivity index (χ0) is 18.8. The van der Waals surface area contributed by atoms with Gasteiger partial charge in [-0.1, -0.05) is 56.3 Å². The number of halogens is 1. The lowest BCUT2D eigenvalue weighted by molar-refractivity contribution is 0.356. The molecule has 0 aliphatic rings. The van der Waals surface area contributed by atoms with E-state index in [0.717, 1.165) is 44.3 Å². The molecule has 2 nitrogen and oxygen atoms in total. The molecule has 0 saturated heterocycles. The Balaban J connectivity index is 1.74. The third kappa shape index (κ3) is 5.41. The van der Waals surface area contributed by atoms with Crippen LogP contribution in [0.2, 0.25) is 0 Å². The standard InChI is InChI=1S/C23H29FN2/c1-19(2)23(18-25,21-9-4-3-5-10-21)15-7-17-26-16-6-8-20-11-13-22(24)14-12-20/h3-5,9-14,19,26H,6-8,15-17H2,1-2H3/t23-/m0/s1. The van der Waals surface area contributed by atoms with E-state index in [4.69, 9.17) is 0 Å². The van der Waals surface area contributed by atoms with Crippen molar-refractivity contribution in [2.75, 3.05) is 13.1 Å². The first kappa shape index (κ1) is 20.1. The normalized spacial score (nSPS) is 13.3. The first-order chi connectivity index (χ1) is 12.6. The summed E-state index contributed by atoms with van der Waals surface area (Å²) in [5, 5.41) is 13.4. The number of nitrogens with one attached hydrogen (secondary N) is 1. The fraction of sp³-hybridized carbons (Fsp3) is 0.435. The van der Waals surface area contributed by atoms with Gasteiger partial charge < -0.3 is 5.32 Å². The van der Waals surface area contributed by atoms with Crippen molar-refractivity contribution in [2.45, 2.75) is 44.9 Å². The monoisotopic (exact) mass is 352 g/mol. The highest BCUT2D eigenvalue weighted by atomic mass is 19.1. The van der Waals surface area contributed by atoms with E-state index in [-0.39, 0.29) is 11.7 Å². The predicted octanol–water partition coefficient (Wildman–Crippen LogP) is 5.25. The van der Waals surface area contributed by atoms with Gasteiger partial charge >= 0.3 is 0 Å². The number of hydrogen-bond donors (Lipinski definition) is 1. The average molecular weight is 352 g/mol. The van der Waals surface area contributed by atoms with Crippen molar-refractivity contribution in [3.63, 3.8) is 0 Å². The lowest BCUT2D eigenvalue weighted by Gasteiger charge is -2.31. The molecule has 0 unspecified atom stereocenters. The van der Waals surface area contributed by atoms with Crippen LogP contribution in [-0.4, -0.2) is 13.1 Å². The summed E-state index contributed by atoms with van der Waals surface area (Å²) in [5.41, 5.74) is 1.87. The first-order valence-corrected chi connectivity index (χ1v) is 9.50. The minimum absolute atomic E-state index is 0.184. The van der Waals surface area contributed by atoms with E-state index in [1.54, 1.807) is 0 Å². The second kappa shape index (κ2) is 10.1. The molecular formula is C23H29FN2. The molecule has 0 bridgehead atoms. The molecule has 0 aliphatic carbocycles. The van der Waals surface area contributed by atoms with Gasteiger partial charge in [0.1, 0.15) is 5.82 Å². The summed E-state index contributed by atoms with van der Waals surface area (Å²) in [5.74, 6) is 0.0878. The molecule has 0 spiro atoms. The number of aryl methyl sites for hydroxylation is 1. The molecular weight excluding hydrogens is 323 g/mol. The number of nitrogens with zero attached hydrogens (tertiary/aromatic N) is 1. The van der Waals surface area contributed by atoms with Crippen LogP contribution in [0, 0.1) is 23.1 Å². The second-order valence-corrected chi connectivity index (χ2v) is 7.19. The lowest BCUT2D eigenvalue weighted by atomic mass is 9.70. The van der Waals surface area contributed by atoms with Gasteiger partial charge in [-0.15, -0.1) is 0 Å². The van der Waals surface area contributed by atoms with Gasteiger partial charge in [0.15, 0.2) is 0 Å². The molecule has 1 atom stereocenters. The van der Waals surface area contributed by atoms with Crippen LogP contribution in [0.25, 0.3) is 0 Å². The van der Waals surface area contributed by atoms with Crippen molar-refractivity contribution in [2.24, 2.45) is 5.92 Å². The molecule has 1 N–H and O–H groups in total. The minimum Gasteiger partial charge on any atom is -0.317 e. The summed E-state index contributed by atoms with van der Waals surface area (Å²) >= 11 is 0. The molecule has 0 aliphatic heterocycles. The molecule has 0 fully saturated rings. The van der Waals surface area contributed by atoms with E-state index < -0.39 is 5.41 Å². The van der Waals surface area contributed by atoms with Crippen LogP contribution in [0.3, 0.4) is 0 Å². The van der Waals surface area contributed by atoms with Gasteiger partial charge in [0.05, 0.1) is 11.5 Å². The summed E-state index contributed by atoms with van der Waals surface area (Å²) in [7, 11) is 0. The van der Waals surface area contributed by atoms with Crippen molar-refractivity contribution < 1.29 is 4.39 Å². The topological polar surface area (TPSA) is 35.8 Å². The molecule has 2 aromatic carbocycles. The van der Waals surface area contributed by atoms with Gasteiger partial charge in [0.2, 0.25) is 0 Å². The Morgan fingerprint density at radius 3 is 2.27 bits per heavy atom. The van der Waals surface area contributed by atoms with Gasteiger partial charge in [0.25, 0.3) is 0 Å². The smallest absolute Gasteiger partial charge is 0.123 e. The third-order valence-corrected chi connectivity index (χ3v) is 5.13. The fourth-order valence-electron chi connectivity index (χ4n) is 3.44. The zero-order valence-corrected chi connectivity index (χ0v) is 15.8. The van der Waals surface area contributed by atoms with Crippen LogP contribution in [0.5, 0.6) is 0 Å². The Bertz CT molecular complexity index is 688. The van der Waals surface area contributed by atoms with Gasteiger partial charge in [-0.05, 0) is 68.0 Å². The van der Waals surface area contributed by atoms with Crippen molar-refractivity contribution in [1.82, 2.24) is 5.32 Å². The highest BCUT2D eigenvalue weighted by Crippen LogP contribution is 2.36. The largest absolute Gasteiger partial charge is 0.317 e. The highest BCUT2D eigenvalue weighted by Gasteiger charge is 2.35. The fourth-order valence-corrected chi connectivity index (χ4v) is 3.44. The quantitative estimate of drug-likeness (QED) is 0.593. The SMILES string of the molecule is CC(C)[C@@](C#N)(CCCNCCCc1ccc(F)cc1)c1ccccc1. The molecule has 0 amide bonds. The number of nitriles is 1. The van der Waals surface area contributed by atoms with Gasteiger partial charge in [-0.3, -0.25) is 0 Å². The van der Waals surface area contributed by atoms with Crippen LogP contribution < -0.4 is 5.32 Å². The zero-order valence-electron chi connectivity index (χ0n) is 15.8. The van der Waals surface area contributed by atoms with E-state index in [0.29, 0.717) is 0 Å². The maximum absolute atomic E-state index is 12.9. The maximum atomic E-state index is 12.9. The van der Waals surface area contributed by atoms with E-state index in [1.165, 1.54) is 17.7 Å². The predicted molar refractivity (Wildman–Crippen MR) is 105 cm³/mol. The van der Waals surface area contributed by atoms with E-state index >= 15 is 0 Å². The van der Waals surface area contributed by atoms with Crippen molar-refractivity contribution in [3.05, 3.63) is 71.5 Å². The summed E-state index contributed by atoms with van der Waals surface area (Å²) in [6, 6.07) is 19.5. The molecule has 0 heterocycles. The van der Waals surface area contributed by atoms with Crippen molar-refractivity contribution >= 4 is 0 Å². The Labute approximate surface area is 157 Å². The Morgan fingerprint density at radius 2 is 1.65 bits per heavy atom. The molecule has 2 rings (SSSR count). The average Bonchev–Trinajstić information content (AvgIpc) is 2.66. The molecule has 0 aromatic heterocycles. The minimum atomic E-state index is -0.420. The molecule has 2 aromatic rings. The number of rotatable bonds is 10. The van der Waals surface area contributed by atoms with Gasteiger partial charge in [-0.25, -0.2) is 4.39 Å². The van der Waals surface area contributed by atoms with Crippen LogP contribution in [-0.2, 0) is 11.8 Å². The molecule has 3 heteroatoms. The Hall–Kier alpha value is -2.18. The summed E-state index contributed by atoms with van der Waals surface area (Å²) in [6.07, 6.45) is 3.80. The third-order valence-electron chi connectivity index (χ3n) is 5.13. The van der Waals surface area contributed by atoms with Crippen LogP contribution >= 0.6 is 0 Å². The highest BCUT2D eigenvalue weighted by molar-refractivity contribution is 5.33. The van der Waals surface area contributed by atoms with E-state index in [1.807, 2.05) is 30.3 Å². The van der Waals surface area contributed by atoms with Gasteiger partial charge in [-0.2, -0.15) is 5.26 Å². The summed E-state index contributed by atoms with van der Waals surface area (Å²) in [4.78, 5) is 0. The second-order valence-electron chi connectivity index (χ2n) is 7.19. The molecule has 26 heavy (non-hydrogen) atoms. The van der Waals surface area contributed by atoms with Crippen LogP contribution in [0.15, 0.2) is 54.6 Å². The number of hydrogen-bond acceptors (Lipinski definition) is 2. The summed E-state index contributed by atoms with van der Waals surface area (Å²) in [6.45, 7) is 6.11. The van der Waals surface area contributed by atoms with Crippen LogP contribution in [0.4, 0.5) is 4.39 Å². The molecule has 0 saturated carbocycles. The first-order valence-electron chi connectivity index (χ1n) is 9.50. The molecule has 0 radical (unpaired) electrons. The molecule has 138 valence electrons. The lowest BCUT2D eigenvalue weighted by Crippen LogP contribution is -2.32. The van der Waals surface area contributed by atoms with Crippen molar-refractivity contribution in [1.29, 1.82) is 5.26 Å². The van der Waals surface area contributed by atoms with Crippen LogP contribution in [0.1, 0.15) is 44.2 Å². The summed E-state index contributed by atoms with van der Waals surface area (Å²) < 4.78 is 12.9. The van der Waals surface area contributed by atoms with Crippen molar-refractivity contribution in [3.8, 4) is 6.07 Å². The number of benzene rings is 2. The Kier molecular flexibility index (Phi) is 7.81. The van der Waals surface area contributed by atoms with E-state index in [2.05, 4.69) is 37.4 Å². The van der Waals surface area contributed by atoms with E-state index in [9.17, 15) is 9.65 Å². The van der Waals surface area contributed by atoms with Gasteiger partial charge in [0, 0.05) is 0 Å².